The predicted octanol–water partition coefficient (Wildman–Crippen LogP) is 2.10. The van der Waals surface area contributed by atoms with Crippen molar-refractivity contribution in [3.8, 4) is 5.75 Å². The molecule has 0 saturated heterocycles. The van der Waals surface area contributed by atoms with Crippen molar-refractivity contribution in [3.05, 3.63) is 65.7 Å². The number of para-hydroxylation sites is 1. The van der Waals surface area contributed by atoms with Gasteiger partial charge < -0.3 is 24.6 Å². The summed E-state index contributed by atoms with van der Waals surface area (Å²) in [7, 11) is 3.96. The lowest BCUT2D eigenvalue weighted by Crippen LogP contribution is -2.55. The highest BCUT2D eigenvalue weighted by Crippen LogP contribution is 2.26. The Morgan fingerprint density at radius 3 is 2.59 bits per heavy atom. The van der Waals surface area contributed by atoms with E-state index in [0.29, 0.717) is 32.7 Å². The van der Waals surface area contributed by atoms with Crippen LogP contribution in [0.2, 0.25) is 0 Å². The lowest BCUT2D eigenvalue weighted by atomic mass is 10.0. The molecule has 0 aromatic heterocycles. The van der Waals surface area contributed by atoms with Gasteiger partial charge in [0.2, 0.25) is 11.8 Å². The summed E-state index contributed by atoms with van der Waals surface area (Å²) >= 11 is 0. The number of likely N-dealkylation sites (N-methyl/N-ethyl adjacent to an activating group) is 1. The number of rotatable bonds is 9. The molecule has 0 saturated carbocycles. The minimum atomic E-state index is -0.694. The first-order valence-electron chi connectivity index (χ1n) is 11.0. The van der Waals surface area contributed by atoms with Gasteiger partial charge in [0, 0.05) is 31.7 Å². The molecular weight excluding hydrogens is 406 g/mol. The number of fused-ring (bicyclic) bond motifs is 1. The van der Waals surface area contributed by atoms with Crippen molar-refractivity contribution in [2.75, 3.05) is 40.5 Å². The van der Waals surface area contributed by atoms with Gasteiger partial charge in [0.05, 0.1) is 6.04 Å². The first-order valence-corrected chi connectivity index (χ1v) is 11.0. The molecule has 3 rings (SSSR count). The Bertz CT molecular complexity index is 888. The molecule has 0 radical (unpaired) electrons. The van der Waals surface area contributed by atoms with Gasteiger partial charge >= 0.3 is 0 Å². The van der Waals surface area contributed by atoms with Crippen molar-refractivity contribution in [1.29, 1.82) is 0 Å². The topological polar surface area (TPSA) is 71.1 Å². The van der Waals surface area contributed by atoms with E-state index in [1.54, 1.807) is 0 Å². The first kappa shape index (κ1) is 23.8. The Hall–Kier alpha value is -2.90. The van der Waals surface area contributed by atoms with Crippen LogP contribution in [0, 0.1) is 0 Å². The molecule has 2 aromatic carbocycles. The van der Waals surface area contributed by atoms with Crippen molar-refractivity contribution < 1.29 is 19.1 Å². The third-order valence-electron chi connectivity index (χ3n) is 5.40. The molecule has 0 aliphatic carbocycles. The Kier molecular flexibility index (Phi) is 8.64. The van der Waals surface area contributed by atoms with Crippen LogP contribution in [0.5, 0.6) is 5.75 Å². The number of ether oxygens (including phenoxy) is 2. The van der Waals surface area contributed by atoms with Crippen LogP contribution in [-0.2, 0) is 27.3 Å². The molecule has 0 unspecified atom stereocenters. The summed E-state index contributed by atoms with van der Waals surface area (Å²) in [6.07, 6.45) is 0.408. The van der Waals surface area contributed by atoms with Gasteiger partial charge in [-0.1, -0.05) is 48.5 Å². The Balaban J connectivity index is 1.88. The second-order valence-electron chi connectivity index (χ2n) is 8.25. The molecule has 1 aliphatic heterocycles. The number of nitrogens with one attached hydrogen (secondary N) is 1. The van der Waals surface area contributed by atoms with E-state index in [4.69, 9.17) is 9.47 Å². The highest BCUT2D eigenvalue weighted by atomic mass is 16.5. The summed E-state index contributed by atoms with van der Waals surface area (Å²) in [6.45, 7) is 3.69. The lowest BCUT2D eigenvalue weighted by molar-refractivity contribution is -0.140. The number of hydrogen-bond acceptors (Lipinski definition) is 5. The molecule has 1 aliphatic rings. The van der Waals surface area contributed by atoms with Crippen molar-refractivity contribution in [1.82, 2.24) is 15.1 Å². The summed E-state index contributed by atoms with van der Waals surface area (Å²) < 4.78 is 11.3. The minimum Gasteiger partial charge on any atom is -0.491 e. The molecule has 1 N–H and O–H groups in total. The van der Waals surface area contributed by atoms with Gasteiger partial charge in [0.15, 0.2) is 0 Å². The smallest absolute Gasteiger partial charge is 0.246 e. The standard InChI is InChI=1S/C25H33N3O4/c1-4-31-18-24(29)26-22(14-19-10-6-5-7-11-19)25(30)28-15-20-12-8-9-13-23(20)32-17-21(28)16-27(2)3/h5-13,21-22H,4,14-18H2,1-3H3,(H,26,29)/t21-,22-/m0/s1. The fraction of sp³-hybridized carbons (Fsp3) is 0.440. The van der Waals surface area contributed by atoms with Crippen molar-refractivity contribution >= 4 is 11.8 Å². The van der Waals surface area contributed by atoms with Gasteiger partial charge in [-0.2, -0.15) is 0 Å². The van der Waals surface area contributed by atoms with E-state index in [0.717, 1.165) is 16.9 Å². The molecule has 7 nitrogen and oxygen atoms in total. The highest BCUT2D eigenvalue weighted by Gasteiger charge is 2.34. The number of hydrogen-bond donors (Lipinski definition) is 1. The largest absolute Gasteiger partial charge is 0.491 e. The zero-order valence-electron chi connectivity index (χ0n) is 19.1. The van der Waals surface area contributed by atoms with E-state index in [2.05, 4.69) is 5.32 Å². The zero-order chi connectivity index (χ0) is 22.9. The van der Waals surface area contributed by atoms with E-state index in [1.807, 2.05) is 85.4 Å². The lowest BCUT2D eigenvalue weighted by Gasteiger charge is -2.34. The molecule has 2 atom stereocenters. The third kappa shape index (κ3) is 6.55. The SMILES string of the molecule is CCOCC(=O)N[C@@H](Cc1ccccc1)C(=O)N1Cc2ccccc2OC[C@@H]1CN(C)C. The molecule has 7 heteroatoms. The monoisotopic (exact) mass is 439 g/mol. The van der Waals surface area contributed by atoms with Gasteiger partial charge in [-0.15, -0.1) is 0 Å². The van der Waals surface area contributed by atoms with Gasteiger partial charge in [0.1, 0.15) is 25.0 Å². The Morgan fingerprint density at radius 1 is 1.16 bits per heavy atom. The summed E-state index contributed by atoms with van der Waals surface area (Å²) in [5.74, 6) is 0.383. The van der Waals surface area contributed by atoms with Crippen molar-refractivity contribution in [3.63, 3.8) is 0 Å². The van der Waals surface area contributed by atoms with Gasteiger partial charge in [0.25, 0.3) is 0 Å². The molecule has 0 fully saturated rings. The maximum atomic E-state index is 13.9. The average Bonchev–Trinajstić information content (AvgIpc) is 2.97. The number of benzene rings is 2. The quantitative estimate of drug-likeness (QED) is 0.648. The van der Waals surface area contributed by atoms with E-state index < -0.39 is 6.04 Å². The number of nitrogens with zero attached hydrogens (tertiary/aromatic N) is 2. The van der Waals surface area contributed by atoms with Crippen molar-refractivity contribution in [2.45, 2.75) is 32.0 Å². The zero-order valence-corrected chi connectivity index (χ0v) is 19.1. The van der Waals surface area contributed by atoms with Crippen LogP contribution >= 0.6 is 0 Å². The highest BCUT2D eigenvalue weighted by molar-refractivity contribution is 5.88. The van der Waals surface area contributed by atoms with Crippen LogP contribution in [0.3, 0.4) is 0 Å². The second-order valence-corrected chi connectivity index (χ2v) is 8.25. The van der Waals surface area contributed by atoms with E-state index in [1.165, 1.54) is 0 Å². The summed E-state index contributed by atoms with van der Waals surface area (Å²) in [4.78, 5) is 30.2. The maximum absolute atomic E-state index is 13.9. The average molecular weight is 440 g/mol. The summed E-state index contributed by atoms with van der Waals surface area (Å²) in [5.41, 5.74) is 1.94. The second kappa shape index (κ2) is 11.6. The normalized spacial score (nSPS) is 16.6. The summed E-state index contributed by atoms with van der Waals surface area (Å²) in [5, 5.41) is 2.91. The van der Waals surface area contributed by atoms with Gasteiger partial charge in [-0.3, -0.25) is 9.59 Å². The summed E-state index contributed by atoms with van der Waals surface area (Å²) in [6, 6.07) is 16.7. The third-order valence-corrected chi connectivity index (χ3v) is 5.40. The van der Waals surface area contributed by atoms with Crippen LogP contribution in [-0.4, -0.2) is 74.2 Å². The minimum absolute atomic E-state index is 0.0673. The number of carbonyl (C=O) groups is 2. The van der Waals surface area contributed by atoms with Gasteiger partial charge in [-0.25, -0.2) is 0 Å². The van der Waals surface area contributed by atoms with Crippen molar-refractivity contribution in [2.24, 2.45) is 0 Å². The Morgan fingerprint density at radius 2 is 1.88 bits per heavy atom. The molecular formula is C25H33N3O4. The number of carbonyl (C=O) groups excluding carboxylic acids is 2. The molecule has 0 bridgehead atoms. The number of amides is 2. The molecule has 32 heavy (non-hydrogen) atoms. The van der Waals surface area contributed by atoms with Crippen LogP contribution in [0.4, 0.5) is 0 Å². The molecule has 172 valence electrons. The maximum Gasteiger partial charge on any atom is 0.246 e. The van der Waals surface area contributed by atoms with E-state index in [-0.39, 0.29) is 24.5 Å². The molecule has 0 spiro atoms. The molecule has 2 amide bonds. The molecule has 1 heterocycles. The van der Waals surface area contributed by atoms with Gasteiger partial charge in [-0.05, 0) is 32.6 Å². The van der Waals surface area contributed by atoms with Crippen LogP contribution in [0.25, 0.3) is 0 Å². The Labute approximate surface area is 190 Å². The van der Waals surface area contributed by atoms with Crippen LogP contribution in [0.15, 0.2) is 54.6 Å². The van der Waals surface area contributed by atoms with Crippen LogP contribution in [0.1, 0.15) is 18.1 Å². The van der Waals surface area contributed by atoms with Crippen LogP contribution < -0.4 is 10.1 Å². The van der Waals surface area contributed by atoms with E-state index >= 15 is 0 Å². The molecule has 2 aromatic rings. The first-order chi connectivity index (χ1) is 15.5. The van der Waals surface area contributed by atoms with E-state index in [9.17, 15) is 9.59 Å². The fourth-order valence-corrected chi connectivity index (χ4v) is 3.88. The fourth-order valence-electron chi connectivity index (χ4n) is 3.88. The predicted molar refractivity (Wildman–Crippen MR) is 123 cm³/mol.